The second-order valence-electron chi connectivity index (χ2n) is 4.23. The number of terminal acetylenes is 1. The molecule has 0 spiro atoms. The Bertz CT molecular complexity index is 351. The molecule has 1 heterocycles. The Labute approximate surface area is 98.5 Å². The molecule has 1 aliphatic rings. The van der Waals surface area contributed by atoms with Crippen LogP contribution in [0.25, 0.3) is 0 Å². The first-order chi connectivity index (χ1) is 7.47. The first-order valence-electron chi connectivity index (χ1n) is 5.64. The molecule has 0 radical (unpaired) electrons. The summed E-state index contributed by atoms with van der Waals surface area (Å²) in [6.07, 6.45) is 9.22. The summed E-state index contributed by atoms with van der Waals surface area (Å²) in [7, 11) is -3.02. The summed E-state index contributed by atoms with van der Waals surface area (Å²) in [4.78, 5) is 0. The van der Waals surface area contributed by atoms with Crippen molar-refractivity contribution in [2.45, 2.75) is 38.3 Å². The van der Waals surface area contributed by atoms with E-state index in [1.807, 2.05) is 6.92 Å². The van der Waals surface area contributed by atoms with Crippen LogP contribution in [0.2, 0.25) is 0 Å². The van der Waals surface area contributed by atoms with Gasteiger partial charge in [-0.2, -0.15) is 0 Å². The SMILES string of the molecule is C#CC(CC)NC1CCN(S(C)(=O)=O)CC1. The van der Waals surface area contributed by atoms with E-state index >= 15 is 0 Å². The van der Waals surface area contributed by atoms with Crippen LogP contribution in [-0.2, 0) is 10.0 Å². The molecule has 0 bridgehead atoms. The lowest BCUT2D eigenvalue weighted by atomic mass is 10.1. The van der Waals surface area contributed by atoms with Crippen molar-refractivity contribution in [1.82, 2.24) is 9.62 Å². The van der Waals surface area contributed by atoms with Gasteiger partial charge in [-0.25, -0.2) is 12.7 Å². The zero-order chi connectivity index (χ0) is 12.2. The number of sulfonamides is 1. The second kappa shape index (κ2) is 5.67. The minimum absolute atomic E-state index is 0.106. The maximum absolute atomic E-state index is 11.3. The maximum Gasteiger partial charge on any atom is 0.211 e. The number of nitrogens with one attached hydrogen (secondary N) is 1. The highest BCUT2D eigenvalue weighted by Gasteiger charge is 2.25. The number of nitrogens with zero attached hydrogens (tertiary/aromatic N) is 1. The van der Waals surface area contributed by atoms with Gasteiger partial charge in [0.25, 0.3) is 0 Å². The van der Waals surface area contributed by atoms with E-state index in [2.05, 4.69) is 11.2 Å². The van der Waals surface area contributed by atoms with E-state index in [0.717, 1.165) is 19.3 Å². The Hall–Kier alpha value is -0.570. The van der Waals surface area contributed by atoms with Crippen molar-refractivity contribution >= 4 is 10.0 Å². The van der Waals surface area contributed by atoms with Gasteiger partial charge in [-0.1, -0.05) is 12.8 Å². The molecule has 92 valence electrons. The van der Waals surface area contributed by atoms with Crippen molar-refractivity contribution < 1.29 is 8.42 Å². The van der Waals surface area contributed by atoms with Gasteiger partial charge in [0.15, 0.2) is 0 Å². The van der Waals surface area contributed by atoms with Crippen LogP contribution in [0.5, 0.6) is 0 Å². The predicted octanol–water partition coefficient (Wildman–Crippen LogP) is 0.412. The summed E-state index contributed by atoms with van der Waals surface area (Å²) in [6, 6.07) is 0.453. The average molecular weight is 244 g/mol. The predicted molar refractivity (Wildman–Crippen MR) is 65.5 cm³/mol. The van der Waals surface area contributed by atoms with Gasteiger partial charge in [-0.3, -0.25) is 0 Å². The number of hydrogen-bond acceptors (Lipinski definition) is 3. The zero-order valence-corrected chi connectivity index (χ0v) is 10.8. The standard InChI is InChI=1S/C11H20N2O2S/c1-4-10(5-2)12-11-6-8-13(9-7-11)16(3,14)15/h1,10-12H,5-9H2,2-3H3. The molecule has 1 fully saturated rings. The molecule has 0 aliphatic carbocycles. The van der Waals surface area contributed by atoms with Gasteiger partial charge in [0, 0.05) is 19.1 Å². The van der Waals surface area contributed by atoms with Crippen LogP contribution in [0.3, 0.4) is 0 Å². The molecule has 5 heteroatoms. The van der Waals surface area contributed by atoms with Crippen LogP contribution >= 0.6 is 0 Å². The Morgan fingerprint density at radius 1 is 1.50 bits per heavy atom. The topological polar surface area (TPSA) is 49.4 Å². The lowest BCUT2D eigenvalue weighted by Gasteiger charge is -2.32. The number of piperidine rings is 1. The summed E-state index contributed by atoms with van der Waals surface area (Å²) in [5, 5.41) is 3.37. The molecule has 1 aliphatic heterocycles. The fourth-order valence-electron chi connectivity index (χ4n) is 1.92. The molecule has 16 heavy (non-hydrogen) atoms. The van der Waals surface area contributed by atoms with E-state index in [1.54, 1.807) is 0 Å². The fourth-order valence-corrected chi connectivity index (χ4v) is 2.80. The summed E-state index contributed by atoms with van der Waals surface area (Å²) in [5.41, 5.74) is 0. The monoisotopic (exact) mass is 244 g/mol. The first-order valence-corrected chi connectivity index (χ1v) is 7.49. The normalized spacial score (nSPS) is 21.6. The van der Waals surface area contributed by atoms with E-state index in [4.69, 9.17) is 6.42 Å². The van der Waals surface area contributed by atoms with Gasteiger partial charge < -0.3 is 5.32 Å². The lowest BCUT2D eigenvalue weighted by molar-refractivity contribution is 0.283. The minimum atomic E-state index is -3.02. The van der Waals surface area contributed by atoms with Crippen molar-refractivity contribution in [3.63, 3.8) is 0 Å². The molecule has 0 aromatic heterocycles. The average Bonchev–Trinajstić information content (AvgIpc) is 2.25. The van der Waals surface area contributed by atoms with E-state index in [0.29, 0.717) is 19.1 Å². The zero-order valence-electron chi connectivity index (χ0n) is 9.94. The Kier molecular flexibility index (Phi) is 4.78. The highest BCUT2D eigenvalue weighted by molar-refractivity contribution is 7.88. The molecule has 1 N–H and O–H groups in total. The van der Waals surface area contributed by atoms with Crippen LogP contribution in [0.4, 0.5) is 0 Å². The quantitative estimate of drug-likeness (QED) is 0.729. The summed E-state index contributed by atoms with van der Waals surface area (Å²) < 4.78 is 24.1. The van der Waals surface area contributed by atoms with Crippen molar-refractivity contribution in [1.29, 1.82) is 0 Å². The van der Waals surface area contributed by atoms with Gasteiger partial charge >= 0.3 is 0 Å². The smallest absolute Gasteiger partial charge is 0.211 e. The summed E-state index contributed by atoms with van der Waals surface area (Å²) in [5.74, 6) is 2.70. The minimum Gasteiger partial charge on any atom is -0.301 e. The molecule has 0 aromatic carbocycles. The molecule has 0 amide bonds. The third-order valence-corrected chi connectivity index (χ3v) is 4.27. The Morgan fingerprint density at radius 2 is 2.06 bits per heavy atom. The molecule has 1 unspecified atom stereocenters. The summed E-state index contributed by atoms with van der Waals surface area (Å²) in [6.45, 7) is 3.23. The molecule has 1 saturated heterocycles. The van der Waals surface area contributed by atoms with Crippen LogP contribution in [-0.4, -0.2) is 44.2 Å². The van der Waals surface area contributed by atoms with Crippen molar-refractivity contribution in [3.8, 4) is 12.3 Å². The highest BCUT2D eigenvalue weighted by atomic mass is 32.2. The van der Waals surface area contributed by atoms with Crippen LogP contribution in [0, 0.1) is 12.3 Å². The van der Waals surface area contributed by atoms with E-state index in [-0.39, 0.29) is 6.04 Å². The van der Waals surface area contributed by atoms with E-state index in [9.17, 15) is 8.42 Å². The van der Waals surface area contributed by atoms with E-state index < -0.39 is 10.0 Å². The number of rotatable bonds is 4. The summed E-state index contributed by atoms with van der Waals surface area (Å²) >= 11 is 0. The molecule has 4 nitrogen and oxygen atoms in total. The Morgan fingerprint density at radius 3 is 2.44 bits per heavy atom. The van der Waals surface area contributed by atoms with Gasteiger partial charge in [0.1, 0.15) is 0 Å². The lowest BCUT2D eigenvalue weighted by Crippen LogP contribution is -2.47. The van der Waals surface area contributed by atoms with Crippen molar-refractivity contribution in [2.24, 2.45) is 0 Å². The number of hydrogen-bond donors (Lipinski definition) is 1. The molecule has 0 saturated carbocycles. The van der Waals surface area contributed by atoms with Gasteiger partial charge in [0.05, 0.1) is 12.3 Å². The van der Waals surface area contributed by atoms with Crippen LogP contribution in [0.15, 0.2) is 0 Å². The highest BCUT2D eigenvalue weighted by Crippen LogP contribution is 2.13. The van der Waals surface area contributed by atoms with Gasteiger partial charge in [-0.05, 0) is 19.3 Å². The molecule has 0 aromatic rings. The van der Waals surface area contributed by atoms with Crippen LogP contribution < -0.4 is 5.32 Å². The molecule has 1 atom stereocenters. The van der Waals surface area contributed by atoms with Crippen molar-refractivity contribution in [2.75, 3.05) is 19.3 Å². The third kappa shape index (κ3) is 3.78. The van der Waals surface area contributed by atoms with Gasteiger partial charge in [-0.15, -0.1) is 6.42 Å². The first kappa shape index (κ1) is 13.5. The fraction of sp³-hybridized carbons (Fsp3) is 0.818. The van der Waals surface area contributed by atoms with Crippen molar-refractivity contribution in [3.05, 3.63) is 0 Å². The molecule has 1 rings (SSSR count). The second-order valence-corrected chi connectivity index (χ2v) is 6.21. The van der Waals surface area contributed by atoms with E-state index in [1.165, 1.54) is 10.6 Å². The van der Waals surface area contributed by atoms with Gasteiger partial charge in [0.2, 0.25) is 10.0 Å². The third-order valence-electron chi connectivity index (χ3n) is 2.97. The Balaban J connectivity index is 2.41. The molecular weight excluding hydrogens is 224 g/mol. The maximum atomic E-state index is 11.3. The van der Waals surface area contributed by atoms with Crippen LogP contribution in [0.1, 0.15) is 26.2 Å². The molecular formula is C11H20N2O2S. The largest absolute Gasteiger partial charge is 0.301 e.